The summed E-state index contributed by atoms with van der Waals surface area (Å²) < 4.78 is 18.5. The first-order valence-electron chi connectivity index (χ1n) is 9.52. The van der Waals surface area contributed by atoms with Gasteiger partial charge >= 0.3 is 0 Å². The van der Waals surface area contributed by atoms with Crippen LogP contribution in [0.5, 0.6) is 5.75 Å². The van der Waals surface area contributed by atoms with Crippen LogP contribution in [-0.4, -0.2) is 35.4 Å². The highest BCUT2D eigenvalue weighted by Crippen LogP contribution is 2.17. The van der Waals surface area contributed by atoms with Gasteiger partial charge in [-0.1, -0.05) is 30.7 Å². The third kappa shape index (κ3) is 7.06. The molecule has 5 nitrogen and oxygen atoms in total. The third-order valence-corrected chi connectivity index (χ3v) is 4.51. The quantitative estimate of drug-likeness (QED) is 0.661. The number of halogens is 2. The van der Waals surface area contributed by atoms with Gasteiger partial charge in [-0.3, -0.25) is 9.59 Å². The van der Waals surface area contributed by atoms with Crippen molar-refractivity contribution >= 4 is 23.4 Å². The molecule has 0 radical (unpaired) electrons. The van der Waals surface area contributed by atoms with E-state index in [0.29, 0.717) is 17.2 Å². The number of hydrogen-bond donors (Lipinski definition) is 1. The second-order valence-electron chi connectivity index (χ2n) is 6.98. The highest BCUT2D eigenvalue weighted by molar-refractivity contribution is 6.30. The lowest BCUT2D eigenvalue weighted by atomic mass is 10.1. The monoisotopic (exact) mass is 420 g/mol. The van der Waals surface area contributed by atoms with E-state index in [9.17, 15) is 14.0 Å². The predicted molar refractivity (Wildman–Crippen MR) is 111 cm³/mol. The lowest BCUT2D eigenvalue weighted by Gasteiger charge is -2.31. The van der Waals surface area contributed by atoms with Gasteiger partial charge in [-0.25, -0.2) is 4.39 Å². The molecule has 7 heteroatoms. The van der Waals surface area contributed by atoms with Crippen molar-refractivity contribution in [3.8, 4) is 5.75 Å². The topological polar surface area (TPSA) is 58.6 Å². The molecule has 156 valence electrons. The summed E-state index contributed by atoms with van der Waals surface area (Å²) in [7, 11) is 0. The summed E-state index contributed by atoms with van der Waals surface area (Å²) in [6, 6.07) is 11.9. The summed E-state index contributed by atoms with van der Waals surface area (Å²) >= 11 is 5.95. The van der Waals surface area contributed by atoms with Crippen molar-refractivity contribution < 1.29 is 18.7 Å². The minimum atomic E-state index is -0.641. The predicted octanol–water partition coefficient (Wildman–Crippen LogP) is 4.19. The van der Waals surface area contributed by atoms with E-state index in [1.807, 2.05) is 32.9 Å². The number of amides is 2. The molecule has 2 aromatic carbocycles. The summed E-state index contributed by atoms with van der Waals surface area (Å²) in [5.74, 6) is -0.558. The maximum Gasteiger partial charge on any atom is 0.261 e. The molecule has 2 aromatic rings. The van der Waals surface area contributed by atoms with Crippen LogP contribution in [-0.2, 0) is 16.1 Å². The Morgan fingerprint density at radius 1 is 1.10 bits per heavy atom. The highest BCUT2D eigenvalue weighted by Gasteiger charge is 2.29. The second-order valence-corrected chi connectivity index (χ2v) is 7.41. The lowest BCUT2D eigenvalue weighted by Crippen LogP contribution is -2.51. The first-order chi connectivity index (χ1) is 13.8. The van der Waals surface area contributed by atoms with E-state index in [4.69, 9.17) is 16.3 Å². The molecule has 2 amide bonds. The average molecular weight is 421 g/mol. The number of ether oxygens (including phenoxy) is 1. The Hall–Kier alpha value is -2.60. The van der Waals surface area contributed by atoms with Gasteiger partial charge in [-0.15, -0.1) is 0 Å². The molecule has 0 saturated heterocycles. The van der Waals surface area contributed by atoms with Crippen molar-refractivity contribution in [3.63, 3.8) is 0 Å². The van der Waals surface area contributed by atoms with E-state index in [2.05, 4.69) is 5.32 Å². The Morgan fingerprint density at radius 3 is 2.28 bits per heavy atom. The van der Waals surface area contributed by atoms with Gasteiger partial charge in [0, 0.05) is 17.6 Å². The highest BCUT2D eigenvalue weighted by atomic mass is 35.5. The Bertz CT molecular complexity index is 810. The molecule has 0 spiro atoms. The number of nitrogens with zero attached hydrogens (tertiary/aromatic N) is 1. The van der Waals surface area contributed by atoms with E-state index in [0.717, 1.165) is 5.56 Å². The van der Waals surface area contributed by atoms with E-state index in [1.54, 1.807) is 12.1 Å². The summed E-state index contributed by atoms with van der Waals surface area (Å²) in [6.45, 7) is 5.58. The average Bonchev–Trinajstić information content (AvgIpc) is 2.68. The van der Waals surface area contributed by atoms with Crippen LogP contribution in [0.2, 0.25) is 5.02 Å². The minimum Gasteiger partial charge on any atom is -0.484 e. The van der Waals surface area contributed by atoms with Gasteiger partial charge in [-0.05, 0) is 62.2 Å². The smallest absolute Gasteiger partial charge is 0.261 e. The SMILES string of the molecule is CC[C@@H](C(=O)NC(C)C)N(Cc1ccc(Cl)cc1)C(=O)COc1ccc(F)cc1. The molecule has 0 aliphatic heterocycles. The molecule has 29 heavy (non-hydrogen) atoms. The maximum absolute atomic E-state index is 13.0. The Balaban J connectivity index is 2.18. The van der Waals surface area contributed by atoms with Gasteiger partial charge < -0.3 is 15.0 Å². The fourth-order valence-electron chi connectivity index (χ4n) is 2.85. The Labute approximate surface area is 175 Å². The van der Waals surface area contributed by atoms with Crippen molar-refractivity contribution in [2.75, 3.05) is 6.61 Å². The second kappa shape index (κ2) is 10.8. The van der Waals surface area contributed by atoms with E-state index >= 15 is 0 Å². The molecule has 0 bridgehead atoms. The molecule has 0 aliphatic rings. The summed E-state index contributed by atoms with van der Waals surface area (Å²) in [5.41, 5.74) is 0.848. The molecule has 2 rings (SSSR count). The van der Waals surface area contributed by atoms with E-state index < -0.39 is 6.04 Å². The summed E-state index contributed by atoms with van der Waals surface area (Å²) in [6.07, 6.45) is 0.453. The lowest BCUT2D eigenvalue weighted by molar-refractivity contribution is -0.143. The summed E-state index contributed by atoms with van der Waals surface area (Å²) in [5, 5.41) is 3.46. The van der Waals surface area contributed by atoms with Crippen LogP contribution in [0.25, 0.3) is 0 Å². The number of benzene rings is 2. The van der Waals surface area contributed by atoms with Gasteiger partial charge in [-0.2, -0.15) is 0 Å². The van der Waals surface area contributed by atoms with Crippen LogP contribution in [0.1, 0.15) is 32.8 Å². The maximum atomic E-state index is 13.0. The fourth-order valence-corrected chi connectivity index (χ4v) is 2.97. The Morgan fingerprint density at radius 2 is 1.72 bits per heavy atom. The molecule has 0 heterocycles. The molecule has 0 aliphatic carbocycles. The molecule has 1 N–H and O–H groups in total. The minimum absolute atomic E-state index is 0.0421. The molecule has 0 fully saturated rings. The first kappa shape index (κ1) is 22.7. The van der Waals surface area contributed by atoms with Crippen molar-refractivity contribution in [2.45, 2.75) is 45.8 Å². The molecule has 1 atom stereocenters. The van der Waals surface area contributed by atoms with E-state index in [1.165, 1.54) is 29.2 Å². The molecular weight excluding hydrogens is 395 g/mol. The molecule has 0 unspecified atom stereocenters. The zero-order chi connectivity index (χ0) is 21.4. The third-order valence-electron chi connectivity index (χ3n) is 4.26. The zero-order valence-electron chi connectivity index (χ0n) is 16.8. The van der Waals surface area contributed by atoms with E-state index in [-0.39, 0.29) is 36.8 Å². The van der Waals surface area contributed by atoms with Gasteiger partial charge in [0.15, 0.2) is 6.61 Å². The van der Waals surface area contributed by atoms with Crippen molar-refractivity contribution in [1.29, 1.82) is 0 Å². The number of nitrogens with one attached hydrogen (secondary N) is 1. The van der Waals surface area contributed by atoms with Gasteiger partial charge in [0.05, 0.1) is 0 Å². The van der Waals surface area contributed by atoms with Crippen LogP contribution in [0, 0.1) is 5.82 Å². The fraction of sp³-hybridized carbons (Fsp3) is 0.364. The van der Waals surface area contributed by atoms with Crippen molar-refractivity contribution in [2.24, 2.45) is 0 Å². The van der Waals surface area contributed by atoms with Crippen molar-refractivity contribution in [1.82, 2.24) is 10.2 Å². The zero-order valence-corrected chi connectivity index (χ0v) is 17.6. The number of carbonyl (C=O) groups excluding carboxylic acids is 2. The van der Waals surface area contributed by atoms with Gasteiger partial charge in [0.25, 0.3) is 5.91 Å². The van der Waals surface area contributed by atoms with Crippen LogP contribution >= 0.6 is 11.6 Å². The van der Waals surface area contributed by atoms with Crippen LogP contribution in [0.4, 0.5) is 4.39 Å². The van der Waals surface area contributed by atoms with Gasteiger partial charge in [0.2, 0.25) is 5.91 Å². The van der Waals surface area contributed by atoms with Crippen molar-refractivity contribution in [3.05, 3.63) is 64.9 Å². The number of hydrogen-bond acceptors (Lipinski definition) is 3. The molecule has 0 saturated carbocycles. The number of rotatable bonds is 9. The van der Waals surface area contributed by atoms with Crippen LogP contribution in [0.3, 0.4) is 0 Å². The first-order valence-corrected chi connectivity index (χ1v) is 9.90. The van der Waals surface area contributed by atoms with Crippen LogP contribution in [0.15, 0.2) is 48.5 Å². The Kier molecular flexibility index (Phi) is 8.46. The standard InChI is InChI=1S/C22H26ClFN2O3/c1-4-20(22(28)25-15(2)3)26(13-16-5-7-17(23)8-6-16)21(27)14-29-19-11-9-18(24)10-12-19/h5-12,15,20H,4,13-14H2,1-3H3,(H,25,28)/t20-/m0/s1. The molecule has 0 aromatic heterocycles. The van der Waals surface area contributed by atoms with Gasteiger partial charge in [0.1, 0.15) is 17.6 Å². The number of carbonyl (C=O) groups is 2. The molecular formula is C22H26ClFN2O3. The summed E-state index contributed by atoms with van der Waals surface area (Å²) in [4.78, 5) is 27.1. The normalized spacial score (nSPS) is 11.8. The van der Waals surface area contributed by atoms with Crippen LogP contribution < -0.4 is 10.1 Å². The largest absolute Gasteiger partial charge is 0.484 e.